The Labute approximate surface area is 165 Å². The molecule has 2 N–H and O–H groups in total. The van der Waals surface area contributed by atoms with E-state index in [1.54, 1.807) is 12.1 Å². The number of hydrogen-bond acceptors (Lipinski definition) is 5. The summed E-state index contributed by atoms with van der Waals surface area (Å²) in [4.78, 5) is 25.4. The smallest absolute Gasteiger partial charge is 0.238 e. The van der Waals surface area contributed by atoms with Gasteiger partial charge < -0.3 is 20.1 Å². The van der Waals surface area contributed by atoms with Crippen LogP contribution in [0, 0.1) is 0 Å². The maximum Gasteiger partial charge on any atom is 0.238 e. The van der Waals surface area contributed by atoms with Gasteiger partial charge in [-0.15, -0.1) is 11.8 Å². The average molecular weight is 405 g/mol. The molecule has 0 aliphatic carbocycles. The Bertz CT molecular complexity index is 892. The molecule has 2 aliphatic heterocycles. The fourth-order valence-corrected chi connectivity index (χ4v) is 4.15. The van der Waals surface area contributed by atoms with E-state index in [4.69, 9.17) is 21.1 Å². The molecule has 2 aromatic carbocycles. The SMILES string of the molecule is O=C(C[C@H]1Sc2ccc(Cl)cc2NC1=O)NC[C@@H]1COc2ccccc2O1. The molecule has 2 heterocycles. The first kappa shape index (κ1) is 18.0. The van der Waals surface area contributed by atoms with Gasteiger partial charge in [-0.2, -0.15) is 0 Å². The van der Waals surface area contributed by atoms with Crippen LogP contribution in [0.4, 0.5) is 5.69 Å². The molecule has 2 atom stereocenters. The van der Waals surface area contributed by atoms with Gasteiger partial charge in [-0.25, -0.2) is 0 Å². The number of thioether (sulfide) groups is 1. The third-order valence-corrected chi connectivity index (χ3v) is 5.74. The van der Waals surface area contributed by atoms with Crippen molar-refractivity contribution in [2.75, 3.05) is 18.5 Å². The minimum Gasteiger partial charge on any atom is -0.486 e. The van der Waals surface area contributed by atoms with E-state index in [1.807, 2.05) is 30.3 Å². The molecular weight excluding hydrogens is 388 g/mol. The van der Waals surface area contributed by atoms with Crippen LogP contribution in [0.1, 0.15) is 6.42 Å². The van der Waals surface area contributed by atoms with E-state index in [0.29, 0.717) is 35.4 Å². The van der Waals surface area contributed by atoms with Crippen molar-refractivity contribution in [3.05, 3.63) is 47.5 Å². The second-order valence-electron chi connectivity index (χ2n) is 6.24. The molecule has 2 amide bonds. The van der Waals surface area contributed by atoms with Crippen LogP contribution in [0.2, 0.25) is 5.02 Å². The summed E-state index contributed by atoms with van der Waals surface area (Å²) >= 11 is 7.31. The van der Waals surface area contributed by atoms with Gasteiger partial charge in [-0.3, -0.25) is 9.59 Å². The summed E-state index contributed by atoms with van der Waals surface area (Å²) in [6.07, 6.45) is -0.178. The van der Waals surface area contributed by atoms with Crippen LogP contribution in [0.3, 0.4) is 0 Å². The van der Waals surface area contributed by atoms with Crippen molar-refractivity contribution < 1.29 is 19.1 Å². The first-order valence-electron chi connectivity index (χ1n) is 8.51. The normalized spacial score (nSPS) is 20.4. The number of ether oxygens (including phenoxy) is 2. The predicted molar refractivity (Wildman–Crippen MR) is 104 cm³/mol. The highest BCUT2D eigenvalue weighted by Gasteiger charge is 2.29. The number of carbonyl (C=O) groups excluding carboxylic acids is 2. The van der Waals surface area contributed by atoms with Crippen LogP contribution in [-0.2, 0) is 9.59 Å². The molecule has 4 rings (SSSR count). The number of rotatable bonds is 4. The molecule has 0 saturated heterocycles. The molecule has 27 heavy (non-hydrogen) atoms. The summed E-state index contributed by atoms with van der Waals surface area (Å²) in [5.74, 6) is 0.966. The molecule has 0 radical (unpaired) electrons. The van der Waals surface area contributed by atoms with Gasteiger partial charge in [-0.1, -0.05) is 23.7 Å². The van der Waals surface area contributed by atoms with Crippen LogP contribution < -0.4 is 20.1 Å². The molecule has 0 aromatic heterocycles. The second kappa shape index (κ2) is 7.70. The average Bonchev–Trinajstić information content (AvgIpc) is 2.67. The van der Waals surface area contributed by atoms with Crippen molar-refractivity contribution in [2.45, 2.75) is 22.7 Å². The largest absolute Gasteiger partial charge is 0.486 e. The van der Waals surface area contributed by atoms with E-state index in [-0.39, 0.29) is 24.3 Å². The number of halogens is 1. The van der Waals surface area contributed by atoms with Gasteiger partial charge in [0, 0.05) is 16.3 Å². The molecule has 140 valence electrons. The van der Waals surface area contributed by atoms with Gasteiger partial charge in [0.25, 0.3) is 0 Å². The van der Waals surface area contributed by atoms with Gasteiger partial charge in [0.2, 0.25) is 11.8 Å². The third-order valence-electron chi connectivity index (χ3n) is 4.23. The fourth-order valence-electron chi connectivity index (χ4n) is 2.89. The number of nitrogens with one attached hydrogen (secondary N) is 2. The summed E-state index contributed by atoms with van der Waals surface area (Å²) in [7, 11) is 0. The molecule has 8 heteroatoms. The van der Waals surface area contributed by atoms with Crippen LogP contribution in [-0.4, -0.2) is 36.3 Å². The van der Waals surface area contributed by atoms with Gasteiger partial charge >= 0.3 is 0 Å². The molecule has 2 aliphatic rings. The third kappa shape index (κ3) is 4.14. The van der Waals surface area contributed by atoms with E-state index < -0.39 is 5.25 Å². The number of benzene rings is 2. The molecule has 2 aromatic rings. The Morgan fingerprint density at radius 2 is 2.07 bits per heavy atom. The Morgan fingerprint density at radius 1 is 1.26 bits per heavy atom. The summed E-state index contributed by atoms with van der Waals surface area (Å²) in [5.41, 5.74) is 0.681. The molecule has 6 nitrogen and oxygen atoms in total. The monoisotopic (exact) mass is 404 g/mol. The van der Waals surface area contributed by atoms with Crippen molar-refractivity contribution in [1.82, 2.24) is 5.32 Å². The number of carbonyl (C=O) groups is 2. The Kier molecular flexibility index (Phi) is 5.13. The molecule has 0 fully saturated rings. The molecular formula is C19H17ClN2O4S. The zero-order valence-electron chi connectivity index (χ0n) is 14.2. The van der Waals surface area contributed by atoms with Crippen molar-refractivity contribution in [3.63, 3.8) is 0 Å². The number of fused-ring (bicyclic) bond motifs is 2. The lowest BCUT2D eigenvalue weighted by molar-refractivity contribution is -0.124. The number of anilines is 1. The molecule has 0 saturated carbocycles. The molecule has 0 spiro atoms. The zero-order chi connectivity index (χ0) is 18.8. The quantitative estimate of drug-likeness (QED) is 0.818. The summed E-state index contributed by atoms with van der Waals surface area (Å²) in [6.45, 7) is 0.683. The Balaban J connectivity index is 1.30. The van der Waals surface area contributed by atoms with Crippen molar-refractivity contribution in [2.24, 2.45) is 0 Å². The second-order valence-corrected chi connectivity index (χ2v) is 7.92. The van der Waals surface area contributed by atoms with E-state index in [2.05, 4.69) is 10.6 Å². The number of hydrogen-bond donors (Lipinski definition) is 2. The lowest BCUT2D eigenvalue weighted by Gasteiger charge is -2.27. The van der Waals surface area contributed by atoms with E-state index in [0.717, 1.165) is 4.90 Å². The van der Waals surface area contributed by atoms with Crippen LogP contribution in [0.15, 0.2) is 47.4 Å². The van der Waals surface area contributed by atoms with Crippen molar-refractivity contribution in [3.8, 4) is 11.5 Å². The minimum absolute atomic E-state index is 0.0860. The van der Waals surface area contributed by atoms with Crippen LogP contribution in [0.5, 0.6) is 11.5 Å². The van der Waals surface area contributed by atoms with Gasteiger partial charge in [0.1, 0.15) is 12.7 Å². The first-order valence-corrected chi connectivity index (χ1v) is 9.76. The van der Waals surface area contributed by atoms with Gasteiger partial charge in [-0.05, 0) is 30.3 Å². The predicted octanol–water partition coefficient (Wildman–Crippen LogP) is 3.10. The highest BCUT2D eigenvalue weighted by Crippen LogP contribution is 2.38. The van der Waals surface area contributed by atoms with E-state index >= 15 is 0 Å². The van der Waals surface area contributed by atoms with E-state index in [9.17, 15) is 9.59 Å². The van der Waals surface area contributed by atoms with Gasteiger partial charge in [0.05, 0.1) is 17.5 Å². The first-order chi connectivity index (χ1) is 13.1. The van der Waals surface area contributed by atoms with Crippen LogP contribution in [0.25, 0.3) is 0 Å². The Hall–Kier alpha value is -2.38. The molecule has 0 unspecified atom stereocenters. The fraction of sp³-hybridized carbons (Fsp3) is 0.263. The van der Waals surface area contributed by atoms with Gasteiger partial charge in [0.15, 0.2) is 11.5 Å². The molecule has 0 bridgehead atoms. The van der Waals surface area contributed by atoms with E-state index in [1.165, 1.54) is 11.8 Å². The minimum atomic E-state index is -0.483. The number of para-hydroxylation sites is 2. The standard InChI is InChI=1S/C19H17ClN2O4S/c20-11-5-6-16-13(7-11)22-19(24)17(27-16)8-18(23)21-9-12-10-25-14-3-1-2-4-15(14)26-12/h1-7,12,17H,8-10H2,(H,21,23)(H,22,24)/t12-,17-/m1/s1. The van der Waals surface area contributed by atoms with Crippen molar-refractivity contribution in [1.29, 1.82) is 0 Å². The Morgan fingerprint density at radius 3 is 2.93 bits per heavy atom. The summed E-state index contributed by atoms with van der Waals surface area (Å²) in [5, 5.41) is 5.70. The van der Waals surface area contributed by atoms with Crippen molar-refractivity contribution >= 4 is 40.9 Å². The highest BCUT2D eigenvalue weighted by molar-refractivity contribution is 8.01. The maximum atomic E-state index is 12.3. The summed E-state index contributed by atoms with van der Waals surface area (Å²) < 4.78 is 11.4. The summed E-state index contributed by atoms with van der Waals surface area (Å²) in [6, 6.07) is 12.7. The lowest BCUT2D eigenvalue weighted by atomic mass is 10.2. The maximum absolute atomic E-state index is 12.3. The zero-order valence-corrected chi connectivity index (χ0v) is 15.8. The lowest BCUT2D eigenvalue weighted by Crippen LogP contribution is -2.42. The highest BCUT2D eigenvalue weighted by atomic mass is 35.5. The topological polar surface area (TPSA) is 76.7 Å². The van der Waals surface area contributed by atoms with Crippen LogP contribution >= 0.6 is 23.4 Å². The number of amides is 2.